The van der Waals surface area contributed by atoms with Crippen LogP contribution in [0.1, 0.15) is 26.3 Å². The van der Waals surface area contributed by atoms with Gasteiger partial charge in [0.25, 0.3) is 5.91 Å². The number of sulfone groups is 1. The first-order valence-corrected chi connectivity index (χ1v) is 11.3. The predicted octanol–water partition coefficient (Wildman–Crippen LogP) is 2.51. The zero-order valence-corrected chi connectivity index (χ0v) is 16.7. The second kappa shape index (κ2) is 6.96. The summed E-state index contributed by atoms with van der Waals surface area (Å²) in [5.74, 6) is -0.283. The Balaban J connectivity index is 1.81. The van der Waals surface area contributed by atoms with Gasteiger partial charge in [0.2, 0.25) is 0 Å². The fraction of sp³-hybridized carbons (Fsp3) is 0.556. The first-order valence-electron chi connectivity index (χ1n) is 8.56. The standard InChI is InChI=1S/C18H23FN2O3S2/c1-18(2,3)16(22)20-17-21(9-8-12-4-6-13(19)7-5-12)14-10-26(23,24)11-15(14)25-17/h4-7,14-15H,8-11H2,1-3H3/t14-,15-/m1/s1. The minimum atomic E-state index is -3.06. The van der Waals surface area contributed by atoms with Crippen LogP contribution in [0.25, 0.3) is 0 Å². The summed E-state index contributed by atoms with van der Waals surface area (Å²) in [5, 5.41) is 0.525. The molecular formula is C18H23FN2O3S2. The third-order valence-corrected chi connectivity index (χ3v) is 7.82. The van der Waals surface area contributed by atoms with E-state index in [9.17, 15) is 17.6 Å². The Morgan fingerprint density at radius 3 is 2.54 bits per heavy atom. The number of nitrogens with zero attached hydrogens (tertiary/aromatic N) is 2. The summed E-state index contributed by atoms with van der Waals surface area (Å²) in [6.45, 7) is 5.99. The lowest BCUT2D eigenvalue weighted by molar-refractivity contribution is -0.124. The van der Waals surface area contributed by atoms with Gasteiger partial charge in [0.05, 0.1) is 17.5 Å². The minimum absolute atomic E-state index is 0.0836. The number of amides is 1. The zero-order chi connectivity index (χ0) is 19.1. The molecule has 142 valence electrons. The summed E-state index contributed by atoms with van der Waals surface area (Å²) < 4.78 is 37.1. The minimum Gasteiger partial charge on any atom is -0.346 e. The third-order valence-electron chi connectivity index (χ3n) is 4.57. The average molecular weight is 399 g/mol. The number of carbonyl (C=O) groups is 1. The fourth-order valence-corrected chi connectivity index (χ4v) is 7.03. The molecule has 0 aromatic heterocycles. The lowest BCUT2D eigenvalue weighted by Gasteiger charge is -2.25. The highest BCUT2D eigenvalue weighted by Gasteiger charge is 2.48. The van der Waals surface area contributed by atoms with Crippen LogP contribution in [-0.4, -0.2) is 53.7 Å². The van der Waals surface area contributed by atoms with E-state index in [4.69, 9.17) is 0 Å². The van der Waals surface area contributed by atoms with E-state index in [1.165, 1.54) is 23.9 Å². The van der Waals surface area contributed by atoms with Crippen LogP contribution in [0.3, 0.4) is 0 Å². The van der Waals surface area contributed by atoms with Crippen LogP contribution in [0.5, 0.6) is 0 Å². The van der Waals surface area contributed by atoms with Gasteiger partial charge >= 0.3 is 0 Å². The van der Waals surface area contributed by atoms with Gasteiger partial charge in [-0.3, -0.25) is 4.79 Å². The Labute approximate surface area is 158 Å². The van der Waals surface area contributed by atoms with E-state index < -0.39 is 15.3 Å². The number of aliphatic imine (C=N–C) groups is 1. The molecule has 0 unspecified atom stereocenters. The number of benzene rings is 1. The number of carbonyl (C=O) groups excluding carboxylic acids is 1. The molecule has 26 heavy (non-hydrogen) atoms. The van der Waals surface area contributed by atoms with Crippen LogP contribution in [-0.2, 0) is 21.1 Å². The Hall–Kier alpha value is -1.41. The molecule has 1 aromatic rings. The highest BCUT2D eigenvalue weighted by molar-refractivity contribution is 8.15. The molecule has 2 aliphatic rings. The molecule has 0 N–H and O–H groups in total. The summed E-state index contributed by atoms with van der Waals surface area (Å²) in [7, 11) is -3.06. The van der Waals surface area contributed by atoms with Gasteiger partial charge in [-0.05, 0) is 24.1 Å². The van der Waals surface area contributed by atoms with E-state index in [0.717, 1.165) is 5.56 Å². The van der Waals surface area contributed by atoms with E-state index >= 15 is 0 Å². The number of amidine groups is 1. The Kier molecular flexibility index (Phi) is 5.18. The number of thioether (sulfide) groups is 1. The van der Waals surface area contributed by atoms with E-state index in [1.807, 2.05) is 25.7 Å². The second-order valence-electron chi connectivity index (χ2n) is 7.82. The van der Waals surface area contributed by atoms with Crippen molar-refractivity contribution >= 4 is 32.7 Å². The van der Waals surface area contributed by atoms with Crippen molar-refractivity contribution in [1.82, 2.24) is 4.90 Å². The summed E-state index contributed by atoms with van der Waals surface area (Å²) >= 11 is 1.39. The van der Waals surface area contributed by atoms with Gasteiger partial charge < -0.3 is 4.90 Å². The number of hydrogen-bond acceptors (Lipinski definition) is 4. The molecule has 2 heterocycles. The highest BCUT2D eigenvalue weighted by Crippen LogP contribution is 2.38. The van der Waals surface area contributed by atoms with Gasteiger partial charge in [-0.1, -0.05) is 44.7 Å². The van der Waals surface area contributed by atoms with E-state index in [0.29, 0.717) is 18.1 Å². The van der Waals surface area contributed by atoms with Crippen LogP contribution in [0.2, 0.25) is 0 Å². The quantitative estimate of drug-likeness (QED) is 0.783. The molecule has 3 rings (SSSR count). The van der Waals surface area contributed by atoms with E-state index in [-0.39, 0.29) is 34.5 Å². The zero-order valence-electron chi connectivity index (χ0n) is 15.1. The van der Waals surface area contributed by atoms with Gasteiger partial charge in [-0.2, -0.15) is 4.99 Å². The molecular weight excluding hydrogens is 375 g/mol. The van der Waals surface area contributed by atoms with Gasteiger partial charge in [0, 0.05) is 17.2 Å². The molecule has 0 radical (unpaired) electrons. The molecule has 2 saturated heterocycles. The highest BCUT2D eigenvalue weighted by atomic mass is 32.2. The van der Waals surface area contributed by atoms with E-state index in [2.05, 4.69) is 4.99 Å². The normalized spacial score (nSPS) is 26.3. The van der Waals surface area contributed by atoms with Crippen molar-refractivity contribution in [2.45, 2.75) is 38.5 Å². The van der Waals surface area contributed by atoms with Crippen molar-refractivity contribution in [3.05, 3.63) is 35.6 Å². The summed E-state index contributed by atoms with van der Waals surface area (Å²) in [6.07, 6.45) is 0.632. The average Bonchev–Trinajstić information content (AvgIpc) is 2.97. The monoisotopic (exact) mass is 398 g/mol. The van der Waals surface area contributed by atoms with Crippen LogP contribution in [0, 0.1) is 11.2 Å². The van der Waals surface area contributed by atoms with Crippen molar-refractivity contribution in [2.24, 2.45) is 10.4 Å². The molecule has 1 amide bonds. The maximum atomic E-state index is 13.1. The molecule has 8 heteroatoms. The smallest absolute Gasteiger partial charge is 0.253 e. The second-order valence-corrected chi connectivity index (χ2v) is 11.2. The predicted molar refractivity (Wildman–Crippen MR) is 103 cm³/mol. The van der Waals surface area contributed by atoms with Crippen LogP contribution in [0.15, 0.2) is 29.3 Å². The van der Waals surface area contributed by atoms with Crippen molar-refractivity contribution in [3.8, 4) is 0 Å². The molecule has 0 saturated carbocycles. The number of hydrogen-bond donors (Lipinski definition) is 0. The van der Waals surface area contributed by atoms with Gasteiger partial charge in [-0.15, -0.1) is 0 Å². The van der Waals surface area contributed by atoms with Gasteiger partial charge in [-0.25, -0.2) is 12.8 Å². The van der Waals surface area contributed by atoms with Gasteiger partial charge in [0.15, 0.2) is 15.0 Å². The molecule has 2 fully saturated rings. The lowest BCUT2D eigenvalue weighted by Crippen LogP contribution is -2.39. The Bertz CT molecular complexity index is 829. The molecule has 2 atom stereocenters. The molecule has 0 bridgehead atoms. The van der Waals surface area contributed by atoms with Crippen molar-refractivity contribution in [2.75, 3.05) is 18.1 Å². The largest absolute Gasteiger partial charge is 0.346 e. The number of rotatable bonds is 3. The SMILES string of the molecule is CC(C)(C)C(=O)N=C1S[C@@H]2CS(=O)(=O)C[C@H]2N1CCc1ccc(F)cc1. The first kappa shape index (κ1) is 19.4. The summed E-state index contributed by atoms with van der Waals surface area (Å²) in [6, 6.07) is 6.11. The molecule has 2 aliphatic heterocycles. The van der Waals surface area contributed by atoms with Crippen molar-refractivity contribution in [3.63, 3.8) is 0 Å². The van der Waals surface area contributed by atoms with Crippen LogP contribution in [0.4, 0.5) is 4.39 Å². The first-order chi connectivity index (χ1) is 12.0. The fourth-order valence-electron chi connectivity index (χ4n) is 3.05. The van der Waals surface area contributed by atoms with Crippen LogP contribution >= 0.6 is 11.8 Å². The third kappa shape index (κ3) is 4.28. The maximum absolute atomic E-state index is 13.1. The van der Waals surface area contributed by atoms with Crippen LogP contribution < -0.4 is 0 Å². The maximum Gasteiger partial charge on any atom is 0.253 e. The van der Waals surface area contributed by atoms with Crippen molar-refractivity contribution in [1.29, 1.82) is 0 Å². The lowest BCUT2D eigenvalue weighted by atomic mass is 9.96. The van der Waals surface area contributed by atoms with Gasteiger partial charge in [0.1, 0.15) is 5.82 Å². The Morgan fingerprint density at radius 2 is 1.92 bits per heavy atom. The Morgan fingerprint density at radius 1 is 1.27 bits per heavy atom. The number of fused-ring (bicyclic) bond motifs is 1. The molecule has 0 spiro atoms. The summed E-state index contributed by atoms with van der Waals surface area (Å²) in [4.78, 5) is 18.6. The van der Waals surface area contributed by atoms with E-state index in [1.54, 1.807) is 12.1 Å². The van der Waals surface area contributed by atoms with Crippen molar-refractivity contribution < 1.29 is 17.6 Å². The molecule has 1 aromatic carbocycles. The molecule has 5 nitrogen and oxygen atoms in total. The number of halogens is 1. The topological polar surface area (TPSA) is 66.8 Å². The summed E-state index contributed by atoms with van der Waals surface area (Å²) in [5.41, 5.74) is 0.377. The molecule has 0 aliphatic carbocycles.